The van der Waals surface area contributed by atoms with Crippen LogP contribution in [0.25, 0.3) is 11.3 Å². The predicted octanol–water partition coefficient (Wildman–Crippen LogP) is 2.49. The number of tetrazole rings is 1. The van der Waals surface area contributed by atoms with E-state index in [1.165, 1.54) is 33.5 Å². The zero-order valence-corrected chi connectivity index (χ0v) is 19.5. The van der Waals surface area contributed by atoms with E-state index < -0.39 is 16.4 Å². The molecule has 0 aliphatic carbocycles. The summed E-state index contributed by atoms with van der Waals surface area (Å²) in [4.78, 5) is 40.7. The maximum atomic E-state index is 13.3. The van der Waals surface area contributed by atoms with Gasteiger partial charge >= 0.3 is 0 Å². The first-order valence-corrected chi connectivity index (χ1v) is 11.4. The Morgan fingerprint density at radius 2 is 1.89 bits per heavy atom. The lowest BCUT2D eigenvalue weighted by Crippen LogP contribution is -2.23. The van der Waals surface area contributed by atoms with Crippen molar-refractivity contribution in [1.29, 1.82) is 0 Å². The minimum absolute atomic E-state index is 0.0383. The maximum absolute atomic E-state index is 13.3. The molecule has 0 atom stereocenters. The van der Waals surface area contributed by atoms with Gasteiger partial charge in [-0.1, -0.05) is 30.3 Å². The molecule has 13 nitrogen and oxygen atoms in total. The number of fused-ring (bicyclic) bond motifs is 1. The van der Waals surface area contributed by atoms with Crippen molar-refractivity contribution in [2.24, 2.45) is 5.10 Å². The summed E-state index contributed by atoms with van der Waals surface area (Å²) in [6, 6.07) is 19.5. The van der Waals surface area contributed by atoms with Crippen molar-refractivity contribution in [1.82, 2.24) is 35.0 Å². The molecule has 0 unspecified atom stereocenters. The third-order valence-electron chi connectivity index (χ3n) is 5.04. The number of non-ortho nitro benzene ring substituents is 1. The number of hydrogen-bond acceptors (Lipinski definition) is 10. The molecular formula is C23H15N9O4S. The SMILES string of the molecule is O=C(NN=Cc1c(Sc2nnnn2-c2ccccc2)nc2ccccn2c1=O)c1cccc([N+](=O)[O-])c1. The summed E-state index contributed by atoms with van der Waals surface area (Å²) in [5.41, 5.74) is 2.85. The molecule has 5 rings (SSSR count). The summed E-state index contributed by atoms with van der Waals surface area (Å²) in [7, 11) is 0. The van der Waals surface area contributed by atoms with Gasteiger partial charge in [-0.2, -0.15) is 9.78 Å². The normalized spacial score (nSPS) is 11.1. The lowest BCUT2D eigenvalue weighted by Gasteiger charge is -2.08. The quantitative estimate of drug-likeness (QED) is 0.149. The highest BCUT2D eigenvalue weighted by Crippen LogP contribution is 2.27. The van der Waals surface area contributed by atoms with Crippen LogP contribution < -0.4 is 11.0 Å². The average molecular weight is 513 g/mol. The fourth-order valence-corrected chi connectivity index (χ4v) is 4.18. The number of amides is 1. The molecule has 0 spiro atoms. The van der Waals surface area contributed by atoms with Crippen LogP contribution in [0, 0.1) is 10.1 Å². The van der Waals surface area contributed by atoms with E-state index in [2.05, 4.69) is 31.0 Å². The fraction of sp³-hybridized carbons (Fsp3) is 0. The second-order valence-electron chi connectivity index (χ2n) is 7.38. The van der Waals surface area contributed by atoms with Crippen LogP contribution >= 0.6 is 11.8 Å². The van der Waals surface area contributed by atoms with E-state index in [0.29, 0.717) is 16.5 Å². The largest absolute Gasteiger partial charge is 0.271 e. The van der Waals surface area contributed by atoms with Gasteiger partial charge in [-0.15, -0.1) is 5.10 Å². The maximum Gasteiger partial charge on any atom is 0.271 e. The lowest BCUT2D eigenvalue weighted by molar-refractivity contribution is -0.384. The summed E-state index contributed by atoms with van der Waals surface area (Å²) in [5, 5.41) is 27.3. The molecule has 1 N–H and O–H groups in total. The zero-order valence-electron chi connectivity index (χ0n) is 18.7. The summed E-state index contributed by atoms with van der Waals surface area (Å²) >= 11 is 1.06. The van der Waals surface area contributed by atoms with Crippen LogP contribution in [0.3, 0.4) is 0 Å². The molecule has 3 heterocycles. The third kappa shape index (κ3) is 4.94. The van der Waals surface area contributed by atoms with E-state index in [9.17, 15) is 19.7 Å². The average Bonchev–Trinajstić information content (AvgIpc) is 3.39. The van der Waals surface area contributed by atoms with E-state index >= 15 is 0 Å². The molecule has 0 saturated heterocycles. The number of nitro benzene ring substituents is 1. The Hall–Kier alpha value is -5.24. The number of aromatic nitrogens is 6. The van der Waals surface area contributed by atoms with Crippen LogP contribution in [0.2, 0.25) is 0 Å². The second-order valence-corrected chi connectivity index (χ2v) is 8.34. The summed E-state index contributed by atoms with van der Waals surface area (Å²) < 4.78 is 2.85. The van der Waals surface area contributed by atoms with Gasteiger partial charge in [0.1, 0.15) is 10.7 Å². The van der Waals surface area contributed by atoms with Gasteiger partial charge in [0.05, 0.1) is 22.4 Å². The Kier molecular flexibility index (Phi) is 6.46. The number of para-hydroxylation sites is 1. The van der Waals surface area contributed by atoms with Crippen molar-refractivity contribution < 1.29 is 9.72 Å². The molecular weight excluding hydrogens is 498 g/mol. The highest BCUT2D eigenvalue weighted by Gasteiger charge is 2.18. The first-order valence-electron chi connectivity index (χ1n) is 10.6. The van der Waals surface area contributed by atoms with E-state index in [-0.39, 0.29) is 21.8 Å². The van der Waals surface area contributed by atoms with Crippen molar-refractivity contribution in [3.05, 3.63) is 111 Å². The Bertz CT molecular complexity index is 1720. The molecule has 37 heavy (non-hydrogen) atoms. The van der Waals surface area contributed by atoms with Crippen LogP contribution in [0.4, 0.5) is 5.69 Å². The summed E-state index contributed by atoms with van der Waals surface area (Å²) in [6.07, 6.45) is 2.73. The number of carbonyl (C=O) groups is 1. The highest BCUT2D eigenvalue weighted by atomic mass is 32.2. The number of nitro groups is 1. The predicted molar refractivity (Wildman–Crippen MR) is 133 cm³/mol. The number of nitrogens with one attached hydrogen (secondary N) is 1. The number of benzene rings is 2. The molecule has 0 radical (unpaired) electrons. The van der Waals surface area contributed by atoms with Gasteiger partial charge in [-0.3, -0.25) is 24.1 Å². The van der Waals surface area contributed by atoms with Crippen molar-refractivity contribution in [2.75, 3.05) is 0 Å². The zero-order chi connectivity index (χ0) is 25.8. The van der Waals surface area contributed by atoms with E-state index in [1.54, 1.807) is 24.4 Å². The van der Waals surface area contributed by atoms with E-state index in [0.717, 1.165) is 17.8 Å². The van der Waals surface area contributed by atoms with Gasteiger partial charge in [0.25, 0.3) is 17.2 Å². The first kappa shape index (κ1) is 23.5. The smallest absolute Gasteiger partial charge is 0.268 e. The van der Waals surface area contributed by atoms with Crippen LogP contribution in [0.5, 0.6) is 0 Å². The van der Waals surface area contributed by atoms with Crippen molar-refractivity contribution in [2.45, 2.75) is 10.2 Å². The standard InChI is InChI=1S/C23H15N9O4S/c33-20(15-7-6-10-17(13-15)32(35)36)26-24-14-18-21(25-19-11-4-5-12-30(19)22(18)34)37-23-27-28-29-31(23)16-8-2-1-3-9-16/h1-14H,(H,26,33). The number of hydrogen-bond donors (Lipinski definition) is 1. The monoisotopic (exact) mass is 513 g/mol. The van der Waals surface area contributed by atoms with Crippen molar-refractivity contribution >= 4 is 35.2 Å². The molecule has 0 aliphatic rings. The first-order chi connectivity index (χ1) is 18.0. The van der Waals surface area contributed by atoms with Gasteiger partial charge in [0, 0.05) is 23.9 Å². The van der Waals surface area contributed by atoms with Gasteiger partial charge in [0.2, 0.25) is 5.16 Å². The van der Waals surface area contributed by atoms with Crippen molar-refractivity contribution in [3.8, 4) is 5.69 Å². The van der Waals surface area contributed by atoms with Crippen molar-refractivity contribution in [3.63, 3.8) is 0 Å². The van der Waals surface area contributed by atoms with Gasteiger partial charge in [0.15, 0.2) is 0 Å². The number of hydrazone groups is 1. The van der Waals surface area contributed by atoms with Crippen LogP contribution in [-0.2, 0) is 0 Å². The minimum atomic E-state index is -0.684. The number of carbonyl (C=O) groups excluding carboxylic acids is 1. The van der Waals surface area contributed by atoms with Crippen LogP contribution in [-0.4, -0.2) is 46.6 Å². The minimum Gasteiger partial charge on any atom is -0.268 e. The van der Waals surface area contributed by atoms with E-state index in [4.69, 9.17) is 0 Å². The van der Waals surface area contributed by atoms with Crippen LogP contribution in [0.1, 0.15) is 15.9 Å². The molecule has 3 aromatic heterocycles. The molecule has 182 valence electrons. The highest BCUT2D eigenvalue weighted by molar-refractivity contribution is 7.99. The fourth-order valence-electron chi connectivity index (χ4n) is 3.31. The Balaban J connectivity index is 1.49. The molecule has 0 saturated carbocycles. The van der Waals surface area contributed by atoms with Gasteiger partial charge in [-0.05, 0) is 52.5 Å². The molecule has 0 fully saturated rings. The Morgan fingerprint density at radius 1 is 1.08 bits per heavy atom. The topological polar surface area (TPSA) is 163 Å². The molecule has 14 heteroatoms. The Labute approximate surface area is 211 Å². The molecule has 5 aromatic rings. The third-order valence-corrected chi connectivity index (χ3v) is 5.98. The van der Waals surface area contributed by atoms with E-state index in [1.807, 2.05) is 30.3 Å². The summed E-state index contributed by atoms with van der Waals surface area (Å²) in [5.74, 6) is -0.684. The second kappa shape index (κ2) is 10.2. The molecule has 0 aliphatic heterocycles. The van der Waals surface area contributed by atoms with Gasteiger partial charge in [-0.25, -0.2) is 10.4 Å². The summed E-state index contributed by atoms with van der Waals surface area (Å²) in [6.45, 7) is 0. The van der Waals surface area contributed by atoms with Crippen LogP contribution in [0.15, 0.2) is 99.1 Å². The lowest BCUT2D eigenvalue weighted by atomic mass is 10.2. The molecule has 1 amide bonds. The van der Waals surface area contributed by atoms with Gasteiger partial charge < -0.3 is 0 Å². The number of rotatable bonds is 7. The molecule has 2 aromatic carbocycles. The number of pyridine rings is 1. The Morgan fingerprint density at radius 3 is 2.70 bits per heavy atom. The molecule has 0 bridgehead atoms. The number of nitrogens with zero attached hydrogens (tertiary/aromatic N) is 8.